The highest BCUT2D eigenvalue weighted by Crippen LogP contribution is 2.22. The molecule has 7 heteroatoms. The van der Waals surface area contributed by atoms with E-state index in [9.17, 15) is 0 Å². The maximum absolute atomic E-state index is 5.84. The predicted molar refractivity (Wildman–Crippen MR) is 76.9 cm³/mol. The second-order valence-corrected chi connectivity index (χ2v) is 4.97. The Morgan fingerprint density at radius 3 is 2.58 bits per heavy atom. The molecule has 0 bridgehead atoms. The molecule has 5 nitrogen and oxygen atoms in total. The maximum Gasteiger partial charge on any atom is 0.321 e. The summed E-state index contributed by atoms with van der Waals surface area (Å²) >= 11 is 7.36. The van der Waals surface area contributed by atoms with E-state index in [0.717, 1.165) is 16.3 Å². The summed E-state index contributed by atoms with van der Waals surface area (Å²) in [6, 6.07) is 7.99. The lowest BCUT2D eigenvalue weighted by Crippen LogP contribution is -2.02. The van der Waals surface area contributed by atoms with Crippen LogP contribution in [0.4, 0.5) is 5.95 Å². The highest BCUT2D eigenvalue weighted by Gasteiger charge is 2.06. The van der Waals surface area contributed by atoms with Crippen LogP contribution in [0.3, 0.4) is 0 Å². The van der Waals surface area contributed by atoms with Gasteiger partial charge in [-0.05, 0) is 17.7 Å². The lowest BCUT2D eigenvalue weighted by molar-refractivity contribution is 0.374. The van der Waals surface area contributed by atoms with Gasteiger partial charge in [0.15, 0.2) is 5.16 Å². The molecule has 0 unspecified atom stereocenters. The first-order valence-electron chi connectivity index (χ1n) is 5.56. The highest BCUT2D eigenvalue weighted by atomic mass is 35.5. The Morgan fingerprint density at radius 2 is 1.95 bits per heavy atom. The largest absolute Gasteiger partial charge is 0.467 e. The fourth-order valence-corrected chi connectivity index (χ4v) is 2.24. The van der Waals surface area contributed by atoms with Gasteiger partial charge in [-0.1, -0.05) is 35.5 Å². The molecule has 0 aliphatic carbocycles. The van der Waals surface area contributed by atoms with Gasteiger partial charge in [-0.15, -0.1) is 0 Å². The third-order valence-corrected chi connectivity index (χ3v) is 3.45. The number of methoxy groups -OCH3 is 1. The number of thioether (sulfide) groups is 1. The molecule has 2 rings (SSSR count). The van der Waals surface area contributed by atoms with Gasteiger partial charge in [0.2, 0.25) is 5.95 Å². The maximum atomic E-state index is 5.84. The molecule has 0 saturated carbocycles. The average Bonchev–Trinajstić information content (AvgIpc) is 2.46. The van der Waals surface area contributed by atoms with Crippen molar-refractivity contribution in [2.24, 2.45) is 0 Å². The number of hydrogen-bond acceptors (Lipinski definition) is 6. The molecule has 1 aromatic carbocycles. The molecular formula is C12H13ClN4OS. The first kappa shape index (κ1) is 13.9. The Morgan fingerprint density at radius 1 is 1.21 bits per heavy atom. The van der Waals surface area contributed by atoms with Crippen LogP contribution in [0.5, 0.6) is 6.01 Å². The van der Waals surface area contributed by atoms with Gasteiger partial charge in [0.25, 0.3) is 0 Å². The van der Waals surface area contributed by atoms with E-state index in [1.807, 2.05) is 24.3 Å². The van der Waals surface area contributed by atoms with Crippen molar-refractivity contribution in [2.75, 3.05) is 19.5 Å². The third kappa shape index (κ3) is 3.97. The topological polar surface area (TPSA) is 59.9 Å². The number of ether oxygens (including phenoxy) is 1. The molecule has 19 heavy (non-hydrogen) atoms. The van der Waals surface area contributed by atoms with Crippen molar-refractivity contribution in [3.63, 3.8) is 0 Å². The predicted octanol–water partition coefficient (Wildman–Crippen LogP) is 2.87. The van der Waals surface area contributed by atoms with Crippen molar-refractivity contribution in [3.05, 3.63) is 34.9 Å². The molecule has 2 aromatic rings. The van der Waals surface area contributed by atoms with E-state index in [0.29, 0.717) is 17.1 Å². The van der Waals surface area contributed by atoms with Crippen molar-refractivity contribution in [2.45, 2.75) is 10.9 Å². The van der Waals surface area contributed by atoms with Gasteiger partial charge in [0, 0.05) is 17.8 Å². The van der Waals surface area contributed by atoms with Gasteiger partial charge >= 0.3 is 6.01 Å². The molecule has 1 heterocycles. The van der Waals surface area contributed by atoms with Gasteiger partial charge in [-0.2, -0.15) is 15.0 Å². The van der Waals surface area contributed by atoms with Crippen LogP contribution in [-0.4, -0.2) is 29.1 Å². The van der Waals surface area contributed by atoms with Crippen LogP contribution in [0.2, 0.25) is 5.02 Å². The van der Waals surface area contributed by atoms with Crippen LogP contribution in [0.1, 0.15) is 5.56 Å². The third-order valence-electron chi connectivity index (χ3n) is 2.28. The molecule has 100 valence electrons. The van der Waals surface area contributed by atoms with E-state index in [2.05, 4.69) is 20.3 Å². The summed E-state index contributed by atoms with van der Waals surface area (Å²) in [7, 11) is 3.28. The molecule has 0 aliphatic heterocycles. The molecule has 0 fully saturated rings. The summed E-state index contributed by atoms with van der Waals surface area (Å²) in [6.45, 7) is 0. The van der Waals surface area contributed by atoms with Gasteiger partial charge in [0.1, 0.15) is 0 Å². The van der Waals surface area contributed by atoms with Crippen LogP contribution in [0.25, 0.3) is 0 Å². The molecule has 0 spiro atoms. The first-order chi connectivity index (χ1) is 9.21. The molecular weight excluding hydrogens is 284 g/mol. The molecule has 0 radical (unpaired) electrons. The highest BCUT2D eigenvalue weighted by molar-refractivity contribution is 7.98. The fraction of sp³-hybridized carbons (Fsp3) is 0.250. The number of anilines is 1. The number of halogens is 1. The van der Waals surface area contributed by atoms with Gasteiger partial charge < -0.3 is 10.1 Å². The second-order valence-electron chi connectivity index (χ2n) is 3.59. The minimum Gasteiger partial charge on any atom is -0.467 e. The number of rotatable bonds is 5. The molecule has 1 aromatic heterocycles. The summed E-state index contributed by atoms with van der Waals surface area (Å²) in [4.78, 5) is 12.5. The minimum absolute atomic E-state index is 0.304. The summed E-state index contributed by atoms with van der Waals surface area (Å²) < 4.78 is 5.03. The zero-order chi connectivity index (χ0) is 13.7. The Balaban J connectivity index is 2.08. The SMILES string of the molecule is CNc1nc(OC)nc(SCc2ccc(Cl)cc2)n1. The number of nitrogens with zero attached hydrogens (tertiary/aromatic N) is 3. The molecule has 0 aliphatic rings. The number of nitrogens with one attached hydrogen (secondary N) is 1. The Hall–Kier alpha value is -1.53. The second kappa shape index (κ2) is 6.58. The van der Waals surface area contributed by atoms with Crippen LogP contribution in [0, 0.1) is 0 Å². The quantitative estimate of drug-likeness (QED) is 0.856. The van der Waals surface area contributed by atoms with E-state index >= 15 is 0 Å². The standard InChI is InChI=1S/C12H13ClN4OS/c1-14-10-15-11(18-2)17-12(16-10)19-7-8-3-5-9(13)6-4-8/h3-6H,7H2,1-2H3,(H,14,15,16,17). The Bertz CT molecular complexity index is 528. The molecule has 0 atom stereocenters. The van der Waals surface area contributed by atoms with Gasteiger partial charge in [-0.25, -0.2) is 0 Å². The van der Waals surface area contributed by atoms with Crippen molar-refractivity contribution >= 4 is 29.3 Å². The smallest absolute Gasteiger partial charge is 0.321 e. The average molecular weight is 297 g/mol. The van der Waals surface area contributed by atoms with Crippen molar-refractivity contribution in [1.82, 2.24) is 15.0 Å². The van der Waals surface area contributed by atoms with E-state index < -0.39 is 0 Å². The van der Waals surface area contributed by atoms with E-state index in [-0.39, 0.29) is 0 Å². The van der Waals surface area contributed by atoms with Gasteiger partial charge in [-0.3, -0.25) is 0 Å². The lowest BCUT2D eigenvalue weighted by Gasteiger charge is -2.05. The van der Waals surface area contributed by atoms with Crippen LogP contribution in [-0.2, 0) is 5.75 Å². The Labute approximate surface area is 120 Å². The molecule has 0 amide bonds. The summed E-state index contributed by atoms with van der Waals surface area (Å²) in [5.41, 5.74) is 1.15. The van der Waals surface area contributed by atoms with Crippen molar-refractivity contribution in [1.29, 1.82) is 0 Å². The number of aromatic nitrogens is 3. The summed E-state index contributed by atoms with van der Waals surface area (Å²) in [5.74, 6) is 1.25. The fourth-order valence-electron chi connectivity index (χ4n) is 1.33. The van der Waals surface area contributed by atoms with Crippen LogP contribution >= 0.6 is 23.4 Å². The summed E-state index contributed by atoms with van der Waals surface area (Å²) in [6.07, 6.45) is 0. The zero-order valence-electron chi connectivity index (χ0n) is 10.6. The van der Waals surface area contributed by atoms with Gasteiger partial charge in [0.05, 0.1) is 7.11 Å². The Kier molecular flexibility index (Phi) is 4.81. The lowest BCUT2D eigenvalue weighted by atomic mass is 10.2. The van der Waals surface area contributed by atoms with Crippen molar-refractivity contribution in [3.8, 4) is 6.01 Å². The van der Waals surface area contributed by atoms with E-state index in [1.165, 1.54) is 18.9 Å². The normalized spacial score (nSPS) is 10.3. The number of hydrogen-bond donors (Lipinski definition) is 1. The monoisotopic (exact) mass is 296 g/mol. The zero-order valence-corrected chi connectivity index (χ0v) is 12.1. The first-order valence-corrected chi connectivity index (χ1v) is 6.92. The summed E-state index contributed by atoms with van der Waals surface area (Å²) in [5, 5.41) is 4.22. The van der Waals surface area contributed by atoms with Crippen LogP contribution < -0.4 is 10.1 Å². The van der Waals surface area contributed by atoms with Crippen molar-refractivity contribution < 1.29 is 4.74 Å². The number of benzene rings is 1. The molecule has 0 saturated heterocycles. The molecule has 1 N–H and O–H groups in total. The minimum atomic E-state index is 0.304. The van der Waals surface area contributed by atoms with E-state index in [1.54, 1.807) is 7.05 Å². The van der Waals surface area contributed by atoms with E-state index in [4.69, 9.17) is 16.3 Å². The van der Waals surface area contributed by atoms with Crippen LogP contribution in [0.15, 0.2) is 29.4 Å².